The molecular weight excluding hydrogens is 422 g/mol. The van der Waals surface area contributed by atoms with Crippen LogP contribution in [0.15, 0.2) is 66.7 Å². The average Bonchev–Trinajstić information content (AvgIpc) is 3.12. The standard InChI is InChI=1S/C25H23F4NO2/c26-22-7-5-18(6-8-22)20-11-17(12-21(13-20)25(27,28)29)14-31-16-24(9-10-30)23-4-2-1-3-19(23)15-32-24/h1-8,11-13H,9-10,14-16,30H2. The van der Waals surface area contributed by atoms with Crippen molar-refractivity contribution < 1.29 is 27.0 Å². The van der Waals surface area contributed by atoms with Crippen LogP contribution in [-0.2, 0) is 34.5 Å². The molecule has 0 aromatic heterocycles. The van der Waals surface area contributed by atoms with Gasteiger partial charge in [0.15, 0.2) is 0 Å². The zero-order chi connectivity index (χ0) is 22.8. The lowest BCUT2D eigenvalue weighted by Gasteiger charge is -2.29. The molecule has 0 saturated heterocycles. The van der Waals surface area contributed by atoms with Crippen molar-refractivity contribution in [3.8, 4) is 11.1 Å². The fraction of sp³-hybridized carbons (Fsp3) is 0.280. The molecule has 0 fully saturated rings. The van der Waals surface area contributed by atoms with Crippen LogP contribution in [0.1, 0.15) is 28.7 Å². The van der Waals surface area contributed by atoms with Crippen molar-refractivity contribution >= 4 is 0 Å². The van der Waals surface area contributed by atoms with E-state index in [1.807, 2.05) is 24.3 Å². The maximum absolute atomic E-state index is 13.5. The molecule has 4 rings (SSSR count). The summed E-state index contributed by atoms with van der Waals surface area (Å²) in [6.07, 6.45) is -3.98. The van der Waals surface area contributed by atoms with Gasteiger partial charge in [-0.1, -0.05) is 36.4 Å². The third-order valence-corrected chi connectivity index (χ3v) is 5.66. The van der Waals surface area contributed by atoms with Crippen molar-refractivity contribution in [1.82, 2.24) is 0 Å². The molecule has 3 aromatic carbocycles. The van der Waals surface area contributed by atoms with Gasteiger partial charge in [-0.15, -0.1) is 0 Å². The van der Waals surface area contributed by atoms with E-state index in [1.165, 1.54) is 24.3 Å². The van der Waals surface area contributed by atoms with Gasteiger partial charge in [0.2, 0.25) is 0 Å². The molecule has 32 heavy (non-hydrogen) atoms. The Morgan fingerprint density at radius 1 is 0.969 bits per heavy atom. The van der Waals surface area contributed by atoms with E-state index < -0.39 is 23.2 Å². The largest absolute Gasteiger partial charge is 0.416 e. The normalized spacial score (nSPS) is 18.0. The minimum absolute atomic E-state index is 0.0318. The van der Waals surface area contributed by atoms with Gasteiger partial charge in [-0.25, -0.2) is 4.39 Å². The summed E-state index contributed by atoms with van der Waals surface area (Å²) in [6, 6.07) is 16.9. The summed E-state index contributed by atoms with van der Waals surface area (Å²) in [5.74, 6) is -0.452. The van der Waals surface area contributed by atoms with E-state index in [9.17, 15) is 17.6 Å². The first-order chi connectivity index (χ1) is 15.3. The maximum atomic E-state index is 13.5. The van der Waals surface area contributed by atoms with Crippen LogP contribution in [0.3, 0.4) is 0 Å². The molecule has 1 heterocycles. The molecule has 3 aromatic rings. The Bertz CT molecular complexity index is 1080. The van der Waals surface area contributed by atoms with Crippen LogP contribution < -0.4 is 5.73 Å². The van der Waals surface area contributed by atoms with Gasteiger partial charge in [0, 0.05) is 0 Å². The van der Waals surface area contributed by atoms with Crippen LogP contribution in [-0.4, -0.2) is 13.2 Å². The summed E-state index contributed by atoms with van der Waals surface area (Å²) in [5.41, 5.74) is 7.58. The molecule has 0 radical (unpaired) electrons. The van der Waals surface area contributed by atoms with E-state index in [2.05, 4.69) is 0 Å². The van der Waals surface area contributed by atoms with Crippen molar-refractivity contribution in [1.29, 1.82) is 0 Å². The Morgan fingerprint density at radius 3 is 2.44 bits per heavy atom. The number of alkyl halides is 3. The molecule has 0 amide bonds. The molecule has 0 saturated carbocycles. The van der Waals surface area contributed by atoms with Crippen LogP contribution in [0.2, 0.25) is 0 Å². The van der Waals surface area contributed by atoms with Crippen molar-refractivity contribution in [2.24, 2.45) is 5.73 Å². The number of benzene rings is 3. The number of nitrogens with two attached hydrogens (primary N) is 1. The molecule has 2 N–H and O–H groups in total. The van der Waals surface area contributed by atoms with Gasteiger partial charge in [-0.3, -0.25) is 0 Å². The molecule has 1 atom stereocenters. The summed E-state index contributed by atoms with van der Waals surface area (Å²) in [5, 5.41) is 0. The van der Waals surface area contributed by atoms with E-state index in [4.69, 9.17) is 15.2 Å². The summed E-state index contributed by atoms with van der Waals surface area (Å²) in [7, 11) is 0. The van der Waals surface area contributed by atoms with Crippen LogP contribution >= 0.6 is 0 Å². The summed E-state index contributed by atoms with van der Waals surface area (Å²) in [4.78, 5) is 0. The highest BCUT2D eigenvalue weighted by Crippen LogP contribution is 2.40. The molecule has 3 nitrogen and oxygen atoms in total. The first-order valence-corrected chi connectivity index (χ1v) is 10.3. The Morgan fingerprint density at radius 2 is 1.72 bits per heavy atom. The maximum Gasteiger partial charge on any atom is 0.416 e. The monoisotopic (exact) mass is 445 g/mol. The van der Waals surface area contributed by atoms with Crippen LogP contribution in [0.5, 0.6) is 0 Å². The van der Waals surface area contributed by atoms with Crippen LogP contribution in [0, 0.1) is 5.82 Å². The van der Waals surface area contributed by atoms with Gasteiger partial charge >= 0.3 is 6.18 Å². The minimum atomic E-state index is -4.51. The molecule has 1 aliphatic rings. The zero-order valence-electron chi connectivity index (χ0n) is 17.3. The predicted molar refractivity (Wildman–Crippen MR) is 113 cm³/mol. The van der Waals surface area contributed by atoms with Crippen LogP contribution in [0.4, 0.5) is 17.6 Å². The van der Waals surface area contributed by atoms with Gasteiger partial charge < -0.3 is 15.2 Å². The topological polar surface area (TPSA) is 44.5 Å². The van der Waals surface area contributed by atoms with Gasteiger partial charge in [-0.2, -0.15) is 13.2 Å². The Kier molecular flexibility index (Phi) is 6.33. The van der Waals surface area contributed by atoms with Crippen molar-refractivity contribution in [2.75, 3.05) is 13.2 Å². The average molecular weight is 445 g/mol. The van der Waals surface area contributed by atoms with E-state index in [0.29, 0.717) is 36.3 Å². The lowest BCUT2D eigenvalue weighted by atomic mass is 9.90. The fourth-order valence-electron chi connectivity index (χ4n) is 4.10. The van der Waals surface area contributed by atoms with Crippen molar-refractivity contribution in [3.63, 3.8) is 0 Å². The third-order valence-electron chi connectivity index (χ3n) is 5.66. The number of hydrogen-bond acceptors (Lipinski definition) is 3. The summed E-state index contributed by atoms with van der Waals surface area (Å²) in [6.45, 7) is 0.965. The zero-order valence-corrected chi connectivity index (χ0v) is 17.3. The summed E-state index contributed by atoms with van der Waals surface area (Å²) >= 11 is 0. The fourth-order valence-corrected chi connectivity index (χ4v) is 4.10. The minimum Gasteiger partial charge on any atom is -0.373 e. The molecule has 0 spiro atoms. The molecule has 0 bridgehead atoms. The van der Waals surface area contributed by atoms with Gasteiger partial charge in [-0.05, 0) is 71.1 Å². The highest BCUT2D eigenvalue weighted by molar-refractivity contribution is 5.65. The smallest absolute Gasteiger partial charge is 0.373 e. The Balaban J connectivity index is 1.57. The lowest BCUT2D eigenvalue weighted by molar-refractivity contribution is -0.137. The summed E-state index contributed by atoms with van der Waals surface area (Å²) < 4.78 is 65.6. The number of ether oxygens (including phenoxy) is 2. The SMILES string of the molecule is NCCC1(COCc2cc(-c3ccc(F)cc3)cc(C(F)(F)F)c2)OCc2ccccc21. The predicted octanol–water partition coefficient (Wildman–Crippen LogP) is 5.80. The lowest BCUT2D eigenvalue weighted by Crippen LogP contribution is -2.34. The van der Waals surface area contributed by atoms with E-state index in [-0.39, 0.29) is 13.2 Å². The number of rotatable bonds is 7. The third kappa shape index (κ3) is 4.70. The van der Waals surface area contributed by atoms with E-state index in [0.717, 1.165) is 23.3 Å². The van der Waals surface area contributed by atoms with E-state index >= 15 is 0 Å². The van der Waals surface area contributed by atoms with Crippen molar-refractivity contribution in [3.05, 3.63) is 94.8 Å². The van der Waals surface area contributed by atoms with E-state index in [1.54, 1.807) is 6.07 Å². The second kappa shape index (κ2) is 9.02. The second-order valence-corrected chi connectivity index (χ2v) is 7.89. The van der Waals surface area contributed by atoms with Gasteiger partial charge in [0.1, 0.15) is 11.4 Å². The highest BCUT2D eigenvalue weighted by Gasteiger charge is 2.39. The number of fused-ring (bicyclic) bond motifs is 1. The molecule has 1 unspecified atom stereocenters. The molecule has 168 valence electrons. The first-order valence-electron chi connectivity index (χ1n) is 10.3. The molecule has 0 aliphatic carbocycles. The number of halogens is 4. The van der Waals surface area contributed by atoms with Gasteiger partial charge in [0.25, 0.3) is 0 Å². The Labute approximate surface area is 183 Å². The Hall–Kier alpha value is -2.74. The molecular formula is C25H23F4NO2. The second-order valence-electron chi connectivity index (χ2n) is 7.89. The molecule has 7 heteroatoms. The van der Waals surface area contributed by atoms with Crippen molar-refractivity contribution in [2.45, 2.75) is 31.4 Å². The van der Waals surface area contributed by atoms with Crippen LogP contribution in [0.25, 0.3) is 11.1 Å². The van der Waals surface area contributed by atoms with Gasteiger partial charge in [0.05, 0.1) is 25.4 Å². The highest BCUT2D eigenvalue weighted by atomic mass is 19.4. The quantitative estimate of drug-likeness (QED) is 0.468. The molecule has 1 aliphatic heterocycles. The first kappa shape index (κ1) is 22.5. The number of hydrogen-bond donors (Lipinski definition) is 1.